The number of thiazole rings is 1. The van der Waals surface area contributed by atoms with E-state index in [2.05, 4.69) is 33.6 Å². The number of nitrogens with one attached hydrogen (secondary N) is 3. The average molecular weight is 468 g/mol. The van der Waals surface area contributed by atoms with Crippen molar-refractivity contribution in [2.45, 2.75) is 13.8 Å². The number of benzene rings is 3. The number of aromatic nitrogens is 3. The van der Waals surface area contributed by atoms with Gasteiger partial charge in [-0.2, -0.15) is 0 Å². The van der Waals surface area contributed by atoms with Gasteiger partial charge in [0, 0.05) is 23.6 Å². The SMILES string of the molecule is CC(=O)Nc1nc(C(=O)Nc2cccc(-c3ccc(-c4nc5c(C)cccc5[nH]4)cc3)c2)cs1. The first-order chi connectivity index (χ1) is 16.5. The quantitative estimate of drug-likeness (QED) is 0.301. The van der Waals surface area contributed by atoms with E-state index in [1.165, 1.54) is 18.3 Å². The third kappa shape index (κ3) is 4.44. The summed E-state index contributed by atoms with van der Waals surface area (Å²) in [5.74, 6) is 0.273. The molecule has 0 bridgehead atoms. The fraction of sp³-hybridized carbons (Fsp3) is 0.0769. The molecule has 7 nitrogen and oxygen atoms in total. The van der Waals surface area contributed by atoms with E-state index in [1.807, 2.05) is 60.7 Å². The molecule has 0 saturated heterocycles. The molecule has 2 aromatic heterocycles. The summed E-state index contributed by atoms with van der Waals surface area (Å²) in [6.45, 7) is 3.45. The third-order valence-corrected chi connectivity index (χ3v) is 6.10. The van der Waals surface area contributed by atoms with Crippen molar-refractivity contribution >= 4 is 45.0 Å². The minimum atomic E-state index is -0.333. The zero-order chi connectivity index (χ0) is 23.7. The molecule has 0 aliphatic heterocycles. The molecule has 0 aliphatic rings. The van der Waals surface area contributed by atoms with E-state index in [1.54, 1.807) is 5.38 Å². The van der Waals surface area contributed by atoms with Crippen LogP contribution in [-0.2, 0) is 4.79 Å². The Bertz CT molecular complexity index is 1520. The Balaban J connectivity index is 1.33. The molecule has 34 heavy (non-hydrogen) atoms. The van der Waals surface area contributed by atoms with Crippen LogP contribution in [0.25, 0.3) is 33.5 Å². The molecule has 5 aromatic rings. The topological polar surface area (TPSA) is 99.8 Å². The number of aromatic amines is 1. The van der Waals surface area contributed by atoms with E-state index in [4.69, 9.17) is 4.98 Å². The van der Waals surface area contributed by atoms with Crippen molar-refractivity contribution in [2.75, 3.05) is 10.6 Å². The van der Waals surface area contributed by atoms with Gasteiger partial charge in [0.1, 0.15) is 11.5 Å². The minimum Gasteiger partial charge on any atom is -0.338 e. The van der Waals surface area contributed by atoms with Crippen LogP contribution in [0, 0.1) is 6.92 Å². The number of carbonyl (C=O) groups excluding carboxylic acids is 2. The monoisotopic (exact) mass is 467 g/mol. The number of hydrogen-bond donors (Lipinski definition) is 3. The molecule has 2 heterocycles. The number of para-hydroxylation sites is 1. The molecule has 0 fully saturated rings. The molecule has 0 spiro atoms. The molecule has 168 valence electrons. The number of imidazole rings is 1. The fourth-order valence-electron chi connectivity index (χ4n) is 3.69. The molecule has 0 saturated carbocycles. The van der Waals surface area contributed by atoms with Gasteiger partial charge in [0.2, 0.25) is 5.91 Å². The lowest BCUT2D eigenvalue weighted by molar-refractivity contribution is -0.114. The Labute approximate surface area is 199 Å². The maximum absolute atomic E-state index is 12.6. The standard InChI is InChI=1S/C26H21N5O2S/c1-15-5-3-8-21-23(15)31-24(29-21)18-11-9-17(10-12-18)19-6-4-7-20(13-19)28-25(33)22-14-34-26(30-22)27-16(2)32/h3-14H,1-2H3,(H,28,33)(H,29,31)(H,27,30,32). The lowest BCUT2D eigenvalue weighted by atomic mass is 10.0. The van der Waals surface area contributed by atoms with Crippen molar-refractivity contribution in [1.29, 1.82) is 0 Å². The van der Waals surface area contributed by atoms with Gasteiger partial charge in [-0.25, -0.2) is 9.97 Å². The number of hydrogen-bond acceptors (Lipinski definition) is 5. The second kappa shape index (κ2) is 8.92. The van der Waals surface area contributed by atoms with Gasteiger partial charge in [-0.15, -0.1) is 11.3 Å². The molecular weight excluding hydrogens is 446 g/mol. The van der Waals surface area contributed by atoms with Gasteiger partial charge < -0.3 is 15.6 Å². The van der Waals surface area contributed by atoms with E-state index in [9.17, 15) is 9.59 Å². The molecule has 0 atom stereocenters. The van der Waals surface area contributed by atoms with Gasteiger partial charge in [-0.3, -0.25) is 9.59 Å². The van der Waals surface area contributed by atoms with Gasteiger partial charge in [-0.05, 0) is 41.8 Å². The summed E-state index contributed by atoms with van der Waals surface area (Å²) in [6.07, 6.45) is 0. The number of H-pyrrole nitrogens is 1. The Morgan fingerprint density at radius 2 is 1.65 bits per heavy atom. The Kier molecular flexibility index (Phi) is 5.65. The Morgan fingerprint density at radius 3 is 2.41 bits per heavy atom. The van der Waals surface area contributed by atoms with Crippen molar-refractivity contribution in [3.8, 4) is 22.5 Å². The molecule has 8 heteroatoms. The number of anilines is 2. The smallest absolute Gasteiger partial charge is 0.275 e. The molecule has 5 rings (SSSR count). The summed E-state index contributed by atoms with van der Waals surface area (Å²) >= 11 is 1.21. The van der Waals surface area contributed by atoms with E-state index in [0.717, 1.165) is 39.1 Å². The van der Waals surface area contributed by atoms with Crippen LogP contribution in [0.3, 0.4) is 0 Å². The summed E-state index contributed by atoms with van der Waals surface area (Å²) in [5, 5.41) is 7.46. The largest absolute Gasteiger partial charge is 0.338 e. The van der Waals surface area contributed by atoms with Crippen molar-refractivity contribution in [1.82, 2.24) is 15.0 Å². The number of fused-ring (bicyclic) bond motifs is 1. The van der Waals surface area contributed by atoms with Crippen LogP contribution >= 0.6 is 11.3 Å². The highest BCUT2D eigenvalue weighted by atomic mass is 32.1. The summed E-state index contributed by atoms with van der Waals surface area (Å²) in [4.78, 5) is 36.0. The molecular formula is C26H21N5O2S. The predicted molar refractivity (Wildman–Crippen MR) is 136 cm³/mol. The summed E-state index contributed by atoms with van der Waals surface area (Å²) in [6, 6.07) is 21.9. The van der Waals surface area contributed by atoms with E-state index in [0.29, 0.717) is 10.8 Å². The lowest BCUT2D eigenvalue weighted by Crippen LogP contribution is -2.13. The van der Waals surface area contributed by atoms with Crippen LogP contribution in [0.15, 0.2) is 72.1 Å². The second-order valence-electron chi connectivity index (χ2n) is 7.89. The first-order valence-electron chi connectivity index (χ1n) is 10.7. The highest BCUT2D eigenvalue weighted by Gasteiger charge is 2.13. The number of aryl methyl sites for hydroxylation is 1. The highest BCUT2D eigenvalue weighted by Crippen LogP contribution is 2.27. The summed E-state index contributed by atoms with van der Waals surface area (Å²) in [7, 11) is 0. The highest BCUT2D eigenvalue weighted by molar-refractivity contribution is 7.14. The van der Waals surface area contributed by atoms with E-state index in [-0.39, 0.29) is 17.5 Å². The maximum Gasteiger partial charge on any atom is 0.275 e. The molecule has 2 amide bonds. The van der Waals surface area contributed by atoms with Gasteiger partial charge in [0.15, 0.2) is 5.13 Å². The summed E-state index contributed by atoms with van der Waals surface area (Å²) < 4.78 is 0. The normalized spacial score (nSPS) is 10.9. The van der Waals surface area contributed by atoms with Crippen molar-refractivity contribution in [3.63, 3.8) is 0 Å². The minimum absolute atomic E-state index is 0.226. The first-order valence-corrected chi connectivity index (χ1v) is 11.5. The number of nitrogens with zero attached hydrogens (tertiary/aromatic N) is 2. The van der Waals surface area contributed by atoms with Crippen LogP contribution in [-0.4, -0.2) is 26.8 Å². The van der Waals surface area contributed by atoms with Crippen LogP contribution in [0.2, 0.25) is 0 Å². The predicted octanol–water partition coefficient (Wildman–Crippen LogP) is 5.87. The zero-order valence-electron chi connectivity index (χ0n) is 18.5. The lowest BCUT2D eigenvalue weighted by Gasteiger charge is -2.07. The first kappa shape index (κ1) is 21.5. The van der Waals surface area contributed by atoms with Crippen molar-refractivity contribution < 1.29 is 9.59 Å². The van der Waals surface area contributed by atoms with E-state index < -0.39 is 0 Å². The molecule has 3 N–H and O–H groups in total. The van der Waals surface area contributed by atoms with Gasteiger partial charge in [-0.1, -0.05) is 48.5 Å². The molecule has 0 unspecified atom stereocenters. The number of rotatable bonds is 5. The average Bonchev–Trinajstić information content (AvgIpc) is 3.47. The zero-order valence-corrected chi connectivity index (χ0v) is 19.4. The van der Waals surface area contributed by atoms with Crippen molar-refractivity contribution in [2.24, 2.45) is 0 Å². The second-order valence-corrected chi connectivity index (χ2v) is 8.75. The van der Waals surface area contributed by atoms with Crippen LogP contribution < -0.4 is 10.6 Å². The Morgan fingerprint density at radius 1 is 0.882 bits per heavy atom. The third-order valence-electron chi connectivity index (χ3n) is 5.35. The van der Waals surface area contributed by atoms with Gasteiger partial charge in [0.05, 0.1) is 11.0 Å². The Hall–Kier alpha value is -4.30. The number of carbonyl (C=O) groups is 2. The maximum atomic E-state index is 12.6. The fourth-order valence-corrected chi connectivity index (χ4v) is 4.43. The van der Waals surface area contributed by atoms with E-state index >= 15 is 0 Å². The molecule has 0 radical (unpaired) electrons. The van der Waals surface area contributed by atoms with Gasteiger partial charge in [0.25, 0.3) is 5.91 Å². The van der Waals surface area contributed by atoms with Crippen LogP contribution in [0.1, 0.15) is 23.0 Å². The summed E-state index contributed by atoms with van der Waals surface area (Å²) in [5.41, 5.74) is 7.05. The van der Waals surface area contributed by atoms with Gasteiger partial charge >= 0.3 is 0 Å². The van der Waals surface area contributed by atoms with Crippen molar-refractivity contribution in [3.05, 3.63) is 83.4 Å². The molecule has 3 aromatic carbocycles. The van der Waals surface area contributed by atoms with Crippen LogP contribution in [0.5, 0.6) is 0 Å². The van der Waals surface area contributed by atoms with Crippen LogP contribution in [0.4, 0.5) is 10.8 Å². The molecule has 0 aliphatic carbocycles. The number of amides is 2.